The Balaban J connectivity index is 2.39. The number of benzene rings is 1. The van der Waals surface area contributed by atoms with Crippen LogP contribution in [0.5, 0.6) is 0 Å². The summed E-state index contributed by atoms with van der Waals surface area (Å²) in [5, 5.41) is 17.1. The standard InChI is InChI=1S/C13H14N4O3/c1-2-14-12(18)8-16-13-9-5-3-4-6-10(9)15-7-11(13)17(19)20/h3-7H,2,8H2,1H3,(H,14,18)(H,15,16). The number of para-hydroxylation sites is 1. The highest BCUT2D eigenvalue weighted by atomic mass is 16.6. The second-order valence-corrected chi connectivity index (χ2v) is 4.10. The van der Waals surface area contributed by atoms with E-state index in [1.807, 2.05) is 6.92 Å². The smallest absolute Gasteiger partial charge is 0.311 e. The van der Waals surface area contributed by atoms with Crippen molar-refractivity contribution in [3.63, 3.8) is 0 Å². The molecular formula is C13H14N4O3. The van der Waals surface area contributed by atoms with Crippen molar-refractivity contribution in [1.29, 1.82) is 0 Å². The molecule has 7 nitrogen and oxygen atoms in total. The van der Waals surface area contributed by atoms with E-state index in [2.05, 4.69) is 15.6 Å². The van der Waals surface area contributed by atoms with E-state index in [1.165, 1.54) is 6.20 Å². The molecule has 2 rings (SSSR count). The normalized spacial score (nSPS) is 10.2. The van der Waals surface area contributed by atoms with Crippen LogP contribution >= 0.6 is 0 Å². The predicted octanol–water partition coefficient (Wildman–Crippen LogP) is 1.69. The first-order valence-electron chi connectivity index (χ1n) is 6.16. The lowest BCUT2D eigenvalue weighted by Gasteiger charge is -2.09. The van der Waals surface area contributed by atoms with E-state index in [4.69, 9.17) is 0 Å². The van der Waals surface area contributed by atoms with Gasteiger partial charge in [0.25, 0.3) is 0 Å². The average molecular weight is 274 g/mol. The molecule has 1 amide bonds. The van der Waals surface area contributed by atoms with Crippen LogP contribution < -0.4 is 10.6 Å². The van der Waals surface area contributed by atoms with Gasteiger partial charge in [-0.3, -0.25) is 14.9 Å². The van der Waals surface area contributed by atoms with Crippen LogP contribution in [0.15, 0.2) is 30.5 Å². The molecule has 0 aliphatic rings. The maximum atomic E-state index is 11.5. The first-order valence-corrected chi connectivity index (χ1v) is 6.16. The molecule has 2 N–H and O–H groups in total. The molecule has 2 aromatic rings. The fraction of sp³-hybridized carbons (Fsp3) is 0.231. The number of rotatable bonds is 5. The summed E-state index contributed by atoms with van der Waals surface area (Å²) in [5.41, 5.74) is 0.802. The molecule has 0 aliphatic carbocycles. The summed E-state index contributed by atoms with van der Waals surface area (Å²) in [7, 11) is 0. The van der Waals surface area contributed by atoms with Gasteiger partial charge in [-0.05, 0) is 13.0 Å². The molecule has 0 bridgehead atoms. The molecule has 1 aromatic heterocycles. The summed E-state index contributed by atoms with van der Waals surface area (Å²) < 4.78 is 0. The van der Waals surface area contributed by atoms with E-state index in [9.17, 15) is 14.9 Å². The van der Waals surface area contributed by atoms with E-state index in [1.54, 1.807) is 24.3 Å². The first-order chi connectivity index (χ1) is 9.63. The molecule has 0 spiro atoms. The molecular weight excluding hydrogens is 260 g/mol. The third kappa shape index (κ3) is 2.82. The Morgan fingerprint density at radius 1 is 1.40 bits per heavy atom. The van der Waals surface area contributed by atoms with Crippen LogP contribution in [0.1, 0.15) is 6.92 Å². The zero-order valence-corrected chi connectivity index (χ0v) is 10.9. The van der Waals surface area contributed by atoms with E-state index >= 15 is 0 Å². The van der Waals surface area contributed by atoms with Crippen LogP contribution in [0.2, 0.25) is 0 Å². The number of nitrogens with zero attached hydrogens (tertiary/aromatic N) is 2. The van der Waals surface area contributed by atoms with Crippen molar-refractivity contribution in [2.45, 2.75) is 6.92 Å². The number of nitro groups is 1. The Bertz CT molecular complexity index is 657. The lowest BCUT2D eigenvalue weighted by molar-refractivity contribution is -0.384. The average Bonchev–Trinajstić information content (AvgIpc) is 2.44. The van der Waals surface area contributed by atoms with Gasteiger partial charge in [-0.15, -0.1) is 0 Å². The minimum atomic E-state index is -0.514. The number of likely N-dealkylation sites (N-methyl/N-ethyl adjacent to an activating group) is 1. The highest BCUT2D eigenvalue weighted by molar-refractivity contribution is 5.97. The van der Waals surface area contributed by atoms with Gasteiger partial charge in [0.05, 0.1) is 17.0 Å². The highest BCUT2D eigenvalue weighted by Gasteiger charge is 2.18. The van der Waals surface area contributed by atoms with Crippen molar-refractivity contribution in [3.8, 4) is 0 Å². The van der Waals surface area contributed by atoms with Gasteiger partial charge in [0, 0.05) is 11.9 Å². The van der Waals surface area contributed by atoms with Crippen LogP contribution in [0.25, 0.3) is 10.9 Å². The molecule has 0 radical (unpaired) electrons. The van der Waals surface area contributed by atoms with E-state index in [-0.39, 0.29) is 18.1 Å². The predicted molar refractivity (Wildman–Crippen MR) is 75.6 cm³/mol. The van der Waals surface area contributed by atoms with Crippen molar-refractivity contribution in [2.75, 3.05) is 18.4 Å². The lowest BCUT2D eigenvalue weighted by Crippen LogP contribution is -2.29. The zero-order valence-electron chi connectivity index (χ0n) is 10.9. The molecule has 0 unspecified atom stereocenters. The molecule has 104 valence electrons. The topological polar surface area (TPSA) is 97.2 Å². The van der Waals surface area contributed by atoms with E-state index in [0.29, 0.717) is 23.1 Å². The van der Waals surface area contributed by atoms with E-state index in [0.717, 1.165) is 0 Å². The largest absolute Gasteiger partial charge is 0.370 e. The number of carbonyl (C=O) groups excluding carboxylic acids is 1. The summed E-state index contributed by atoms with van der Waals surface area (Å²) in [5.74, 6) is -0.220. The van der Waals surface area contributed by atoms with Crippen molar-refractivity contribution in [3.05, 3.63) is 40.6 Å². The van der Waals surface area contributed by atoms with Gasteiger partial charge in [-0.1, -0.05) is 18.2 Å². The Morgan fingerprint density at radius 3 is 2.85 bits per heavy atom. The van der Waals surface area contributed by atoms with Crippen LogP contribution in [0.4, 0.5) is 11.4 Å². The van der Waals surface area contributed by atoms with E-state index < -0.39 is 4.92 Å². The second-order valence-electron chi connectivity index (χ2n) is 4.10. The SMILES string of the molecule is CCNC(=O)CNc1c([N+](=O)[O-])cnc2ccccc12. The van der Waals surface area contributed by atoms with Gasteiger partial charge in [0.15, 0.2) is 0 Å². The van der Waals surface area contributed by atoms with Crippen LogP contribution in [0, 0.1) is 10.1 Å². The number of hydrogen-bond donors (Lipinski definition) is 2. The summed E-state index contributed by atoms with van der Waals surface area (Å²) >= 11 is 0. The van der Waals surface area contributed by atoms with Gasteiger partial charge in [-0.2, -0.15) is 0 Å². The minimum absolute atomic E-state index is 0.0251. The lowest BCUT2D eigenvalue weighted by atomic mass is 10.1. The first kappa shape index (κ1) is 13.7. The Morgan fingerprint density at radius 2 is 2.15 bits per heavy atom. The van der Waals surface area contributed by atoms with Gasteiger partial charge in [0.1, 0.15) is 11.9 Å². The Kier molecular flexibility index (Phi) is 4.09. The molecule has 0 saturated carbocycles. The fourth-order valence-corrected chi connectivity index (χ4v) is 1.88. The van der Waals surface area contributed by atoms with Crippen molar-refractivity contribution >= 4 is 28.2 Å². The molecule has 0 aliphatic heterocycles. The van der Waals surface area contributed by atoms with Crippen molar-refractivity contribution in [2.24, 2.45) is 0 Å². The Hall–Kier alpha value is -2.70. The third-order valence-corrected chi connectivity index (χ3v) is 2.75. The van der Waals surface area contributed by atoms with Crippen molar-refractivity contribution in [1.82, 2.24) is 10.3 Å². The number of carbonyl (C=O) groups is 1. The monoisotopic (exact) mass is 274 g/mol. The third-order valence-electron chi connectivity index (χ3n) is 2.75. The summed E-state index contributed by atoms with van der Waals surface area (Å²) in [6, 6.07) is 7.06. The van der Waals surface area contributed by atoms with Gasteiger partial charge in [-0.25, -0.2) is 4.98 Å². The number of aromatic nitrogens is 1. The summed E-state index contributed by atoms with van der Waals surface area (Å²) in [6.45, 7) is 2.30. The number of amides is 1. The maximum Gasteiger partial charge on any atom is 0.311 e. The second kappa shape index (κ2) is 5.96. The quantitative estimate of drug-likeness (QED) is 0.638. The zero-order chi connectivity index (χ0) is 14.5. The molecule has 0 fully saturated rings. The summed E-state index contributed by atoms with van der Waals surface area (Å²) in [4.78, 5) is 26.1. The van der Waals surface area contributed by atoms with Gasteiger partial charge in [0.2, 0.25) is 5.91 Å². The molecule has 0 saturated heterocycles. The molecule has 20 heavy (non-hydrogen) atoms. The van der Waals surface area contributed by atoms with Crippen molar-refractivity contribution < 1.29 is 9.72 Å². The molecule has 7 heteroatoms. The molecule has 1 aromatic carbocycles. The van der Waals surface area contributed by atoms with Gasteiger partial charge < -0.3 is 10.6 Å². The summed E-state index contributed by atoms with van der Waals surface area (Å²) in [6.07, 6.45) is 1.20. The maximum absolute atomic E-state index is 11.5. The Labute approximate surface area is 115 Å². The molecule has 1 heterocycles. The van der Waals surface area contributed by atoms with Crippen LogP contribution in [0.3, 0.4) is 0 Å². The fourth-order valence-electron chi connectivity index (χ4n) is 1.88. The minimum Gasteiger partial charge on any atom is -0.370 e. The number of anilines is 1. The number of fused-ring (bicyclic) bond motifs is 1. The number of hydrogen-bond acceptors (Lipinski definition) is 5. The number of nitrogens with one attached hydrogen (secondary N) is 2. The highest BCUT2D eigenvalue weighted by Crippen LogP contribution is 2.30. The van der Waals surface area contributed by atoms with Gasteiger partial charge >= 0.3 is 5.69 Å². The van der Waals surface area contributed by atoms with Crippen LogP contribution in [-0.2, 0) is 4.79 Å². The van der Waals surface area contributed by atoms with Crippen LogP contribution in [-0.4, -0.2) is 28.9 Å². The number of pyridine rings is 1. The molecule has 0 atom stereocenters.